The molecule has 0 amide bonds. The summed E-state index contributed by atoms with van der Waals surface area (Å²) in [4.78, 5) is 0. The summed E-state index contributed by atoms with van der Waals surface area (Å²) in [5.74, 6) is 0.348. The molecule has 3 aromatic carbocycles. The van der Waals surface area contributed by atoms with Crippen molar-refractivity contribution in [3.05, 3.63) is 87.4 Å². The van der Waals surface area contributed by atoms with Crippen LogP contribution in [0.4, 0.5) is 0 Å². The number of hydrogen-bond donors (Lipinski definition) is 0. The van der Waals surface area contributed by atoms with Crippen LogP contribution in [0.3, 0.4) is 0 Å². The van der Waals surface area contributed by atoms with Crippen LogP contribution < -0.4 is 0 Å². The molecule has 1 heteroatoms. The minimum absolute atomic E-state index is 0.348. The lowest BCUT2D eigenvalue weighted by Gasteiger charge is -2.15. The molecule has 0 fully saturated rings. The summed E-state index contributed by atoms with van der Waals surface area (Å²) in [6.07, 6.45) is 4.53. The van der Waals surface area contributed by atoms with Gasteiger partial charge < -0.3 is 0 Å². The van der Waals surface area contributed by atoms with E-state index in [4.69, 9.17) is 0 Å². The highest BCUT2D eigenvalue weighted by atomic mass is 79.9. The first-order valence-corrected chi connectivity index (χ1v) is 7.98. The zero-order valence-electron chi connectivity index (χ0n) is 11.8. The SMILES string of the molecule is Cc1ccc2cc(Br)c(C3C=Cc4ccccc43)cc2c1. The number of aryl methyl sites for hydroxylation is 1. The van der Waals surface area contributed by atoms with Gasteiger partial charge in [-0.05, 0) is 46.5 Å². The zero-order valence-corrected chi connectivity index (χ0v) is 13.4. The van der Waals surface area contributed by atoms with Crippen molar-refractivity contribution in [1.82, 2.24) is 0 Å². The van der Waals surface area contributed by atoms with Gasteiger partial charge in [0, 0.05) is 10.4 Å². The summed E-state index contributed by atoms with van der Waals surface area (Å²) in [7, 11) is 0. The highest BCUT2D eigenvalue weighted by molar-refractivity contribution is 9.10. The molecular formula is C20H15Br. The molecule has 1 aliphatic rings. The molecule has 0 spiro atoms. The number of allylic oxidation sites excluding steroid dienone is 1. The van der Waals surface area contributed by atoms with E-state index in [-0.39, 0.29) is 0 Å². The summed E-state index contributed by atoms with van der Waals surface area (Å²) in [5.41, 5.74) is 5.37. The summed E-state index contributed by atoms with van der Waals surface area (Å²) < 4.78 is 1.19. The molecular weight excluding hydrogens is 320 g/mol. The smallest absolute Gasteiger partial charge is 0.0290 e. The molecule has 0 radical (unpaired) electrons. The Labute approximate surface area is 133 Å². The monoisotopic (exact) mass is 334 g/mol. The van der Waals surface area contributed by atoms with E-state index in [0.29, 0.717) is 5.92 Å². The Balaban J connectivity index is 1.91. The van der Waals surface area contributed by atoms with E-state index >= 15 is 0 Å². The maximum atomic E-state index is 3.76. The van der Waals surface area contributed by atoms with E-state index in [1.54, 1.807) is 0 Å². The molecule has 0 saturated carbocycles. The van der Waals surface area contributed by atoms with Crippen molar-refractivity contribution in [3.8, 4) is 0 Å². The molecule has 0 N–H and O–H groups in total. The Morgan fingerprint density at radius 3 is 2.62 bits per heavy atom. The van der Waals surface area contributed by atoms with Crippen molar-refractivity contribution in [2.45, 2.75) is 12.8 Å². The van der Waals surface area contributed by atoms with E-state index in [1.165, 1.54) is 37.5 Å². The van der Waals surface area contributed by atoms with Gasteiger partial charge in [0.15, 0.2) is 0 Å². The van der Waals surface area contributed by atoms with E-state index in [9.17, 15) is 0 Å². The third-order valence-corrected chi connectivity index (χ3v) is 4.93. The predicted octanol–water partition coefficient (Wildman–Crippen LogP) is 6.07. The first-order valence-electron chi connectivity index (χ1n) is 7.19. The van der Waals surface area contributed by atoms with Crippen molar-refractivity contribution >= 4 is 32.8 Å². The lowest BCUT2D eigenvalue weighted by atomic mass is 9.91. The van der Waals surface area contributed by atoms with Crippen LogP contribution in [0.2, 0.25) is 0 Å². The van der Waals surface area contributed by atoms with Gasteiger partial charge in [0.05, 0.1) is 0 Å². The fourth-order valence-electron chi connectivity index (χ4n) is 3.17. The Bertz CT molecular complexity index is 874. The standard InChI is InChI=1S/C20H15Br/c1-13-6-7-15-12-20(21)19(11-16(15)10-13)18-9-8-14-4-2-3-5-17(14)18/h2-12,18H,1H3. The average Bonchev–Trinajstić information content (AvgIpc) is 2.91. The Hall–Kier alpha value is -1.86. The van der Waals surface area contributed by atoms with Crippen LogP contribution >= 0.6 is 15.9 Å². The van der Waals surface area contributed by atoms with Gasteiger partial charge in [-0.2, -0.15) is 0 Å². The van der Waals surface area contributed by atoms with Gasteiger partial charge in [0.2, 0.25) is 0 Å². The number of hydrogen-bond acceptors (Lipinski definition) is 0. The molecule has 3 aromatic rings. The molecule has 0 nitrogen and oxygen atoms in total. The van der Waals surface area contributed by atoms with E-state index < -0.39 is 0 Å². The van der Waals surface area contributed by atoms with Gasteiger partial charge >= 0.3 is 0 Å². The highest BCUT2D eigenvalue weighted by Crippen LogP contribution is 2.39. The van der Waals surface area contributed by atoms with Gasteiger partial charge in [0.1, 0.15) is 0 Å². The number of rotatable bonds is 1. The lowest BCUT2D eigenvalue weighted by Crippen LogP contribution is -1.97. The number of fused-ring (bicyclic) bond motifs is 2. The van der Waals surface area contributed by atoms with Crippen molar-refractivity contribution in [1.29, 1.82) is 0 Å². The summed E-state index contributed by atoms with van der Waals surface area (Å²) in [5, 5.41) is 2.59. The molecule has 0 heterocycles. The van der Waals surface area contributed by atoms with Crippen molar-refractivity contribution < 1.29 is 0 Å². The van der Waals surface area contributed by atoms with Gasteiger partial charge in [-0.3, -0.25) is 0 Å². The van der Waals surface area contributed by atoms with Crippen LogP contribution in [0.1, 0.15) is 28.2 Å². The Morgan fingerprint density at radius 1 is 0.857 bits per heavy atom. The fraction of sp³-hybridized carbons (Fsp3) is 0.100. The van der Waals surface area contributed by atoms with Gasteiger partial charge in [-0.15, -0.1) is 0 Å². The molecule has 0 aromatic heterocycles. The van der Waals surface area contributed by atoms with Gasteiger partial charge in [-0.1, -0.05) is 76.1 Å². The first kappa shape index (κ1) is 12.8. The summed E-state index contributed by atoms with van der Waals surface area (Å²) >= 11 is 3.76. The maximum absolute atomic E-state index is 3.76. The second kappa shape index (κ2) is 4.85. The Kier molecular flexibility index (Phi) is 2.97. The first-order chi connectivity index (χ1) is 10.2. The van der Waals surface area contributed by atoms with Crippen molar-refractivity contribution in [2.24, 2.45) is 0 Å². The van der Waals surface area contributed by atoms with E-state index in [0.717, 1.165) is 0 Å². The van der Waals surface area contributed by atoms with Crippen LogP contribution in [0.5, 0.6) is 0 Å². The minimum Gasteiger partial charge on any atom is -0.0720 e. The topological polar surface area (TPSA) is 0 Å². The quantitative estimate of drug-likeness (QED) is 0.506. The molecule has 0 aliphatic heterocycles. The third-order valence-electron chi connectivity index (χ3n) is 4.25. The normalized spacial score (nSPS) is 16.4. The van der Waals surface area contributed by atoms with Gasteiger partial charge in [0.25, 0.3) is 0 Å². The number of benzene rings is 3. The minimum atomic E-state index is 0.348. The molecule has 0 bridgehead atoms. The maximum Gasteiger partial charge on any atom is 0.0290 e. The van der Waals surface area contributed by atoms with Crippen molar-refractivity contribution in [2.75, 3.05) is 0 Å². The van der Waals surface area contributed by atoms with Crippen LogP contribution in [0.25, 0.3) is 16.8 Å². The second-order valence-corrected chi connectivity index (χ2v) is 6.54. The van der Waals surface area contributed by atoms with Crippen LogP contribution in [-0.2, 0) is 0 Å². The number of halogens is 1. The summed E-state index contributed by atoms with van der Waals surface area (Å²) in [6, 6.07) is 19.8. The Morgan fingerprint density at radius 2 is 1.71 bits per heavy atom. The molecule has 102 valence electrons. The largest absolute Gasteiger partial charge is 0.0720 e. The van der Waals surface area contributed by atoms with Crippen LogP contribution in [0, 0.1) is 6.92 Å². The van der Waals surface area contributed by atoms with E-state index in [1.807, 2.05) is 0 Å². The molecule has 1 aliphatic carbocycles. The molecule has 1 atom stereocenters. The van der Waals surface area contributed by atoms with E-state index in [2.05, 4.69) is 89.6 Å². The second-order valence-electron chi connectivity index (χ2n) is 5.69. The van der Waals surface area contributed by atoms with Crippen LogP contribution in [0.15, 0.2) is 65.1 Å². The molecule has 1 unspecified atom stereocenters. The molecule has 4 rings (SSSR count). The molecule has 21 heavy (non-hydrogen) atoms. The third kappa shape index (κ3) is 2.13. The van der Waals surface area contributed by atoms with Gasteiger partial charge in [-0.25, -0.2) is 0 Å². The molecule has 0 saturated heterocycles. The highest BCUT2D eigenvalue weighted by Gasteiger charge is 2.20. The summed E-state index contributed by atoms with van der Waals surface area (Å²) in [6.45, 7) is 2.14. The predicted molar refractivity (Wildman–Crippen MR) is 93.7 cm³/mol. The lowest BCUT2D eigenvalue weighted by molar-refractivity contribution is 1.04. The average molecular weight is 335 g/mol. The fourth-order valence-corrected chi connectivity index (χ4v) is 3.77. The van der Waals surface area contributed by atoms with Crippen molar-refractivity contribution in [3.63, 3.8) is 0 Å². The zero-order chi connectivity index (χ0) is 14.4. The van der Waals surface area contributed by atoms with Crippen LogP contribution in [-0.4, -0.2) is 0 Å².